The number of benzene rings is 1. The number of nitrogens with one attached hydrogen (secondary N) is 2. The number of H-pyrrole nitrogens is 2. The summed E-state index contributed by atoms with van der Waals surface area (Å²) in [6.07, 6.45) is 6.78. The van der Waals surface area contributed by atoms with Crippen LogP contribution in [0, 0.1) is 0 Å². The Labute approximate surface area is 265 Å². The Morgan fingerprint density at radius 1 is 0.809 bits per heavy atom. The van der Waals surface area contributed by atoms with Crippen molar-refractivity contribution in [3.63, 3.8) is 0 Å². The van der Waals surface area contributed by atoms with E-state index in [1.54, 1.807) is 9.13 Å². The Bertz CT molecular complexity index is 2080. The topological polar surface area (TPSA) is 224 Å². The van der Waals surface area contributed by atoms with Crippen LogP contribution >= 0.6 is 7.82 Å². The van der Waals surface area contributed by atoms with E-state index in [1.165, 1.54) is 49.6 Å². The van der Waals surface area contributed by atoms with Crippen LogP contribution in [0.2, 0.25) is 0 Å². The van der Waals surface area contributed by atoms with Gasteiger partial charge in [-0.3, -0.25) is 27.8 Å². The van der Waals surface area contributed by atoms with Gasteiger partial charge in [0.1, 0.15) is 18.2 Å². The van der Waals surface area contributed by atoms with Gasteiger partial charge in [-0.25, -0.2) is 32.9 Å². The molecule has 2 aliphatic heterocycles. The third-order valence-electron chi connectivity index (χ3n) is 7.83. The van der Waals surface area contributed by atoms with E-state index in [4.69, 9.17) is 23.0 Å². The van der Waals surface area contributed by atoms with Gasteiger partial charge in [-0.05, 0) is 49.9 Å². The number of imidazole rings is 2. The van der Waals surface area contributed by atoms with Gasteiger partial charge in [-0.1, -0.05) is 0 Å². The zero-order valence-electron chi connectivity index (χ0n) is 24.8. The van der Waals surface area contributed by atoms with Crippen molar-refractivity contribution in [3.8, 4) is 5.75 Å². The van der Waals surface area contributed by atoms with Crippen LogP contribution in [0.3, 0.4) is 0 Å². The van der Waals surface area contributed by atoms with E-state index in [0.717, 1.165) is 6.26 Å². The lowest BCUT2D eigenvalue weighted by molar-refractivity contribution is -0.0334. The molecule has 2 saturated heterocycles. The number of nitrogens with zero attached hydrogens (tertiary/aromatic N) is 6. The lowest BCUT2D eigenvalue weighted by atomic mass is 10.2. The number of hydrogen-bond donors (Lipinski definition) is 2. The molecular formula is C27H29N8O10PS. The van der Waals surface area contributed by atoms with Crippen LogP contribution < -0.4 is 15.6 Å². The van der Waals surface area contributed by atoms with E-state index in [0.29, 0.717) is 37.0 Å². The Morgan fingerprint density at radius 2 is 1.30 bits per heavy atom. The summed E-state index contributed by atoms with van der Waals surface area (Å²) in [5.41, 5.74) is 0.384. The molecule has 4 atom stereocenters. The zero-order chi connectivity index (χ0) is 32.8. The number of hydrogen-bond acceptors (Lipinski definition) is 14. The number of phosphoric ester groups is 1. The molecule has 18 nitrogen and oxygen atoms in total. The van der Waals surface area contributed by atoms with E-state index in [2.05, 4.69) is 29.9 Å². The number of ether oxygens (including phenoxy) is 2. The number of rotatable bonds is 11. The molecule has 20 heteroatoms. The molecule has 0 saturated carbocycles. The quantitative estimate of drug-likeness (QED) is 0.190. The van der Waals surface area contributed by atoms with Gasteiger partial charge >= 0.3 is 7.82 Å². The normalized spacial score (nSPS) is 22.0. The highest BCUT2D eigenvalue weighted by Gasteiger charge is 2.37. The molecule has 2 N–H and O–H groups in total. The fraction of sp³-hybridized carbons (Fsp3) is 0.407. The minimum absolute atomic E-state index is 0.0596. The molecule has 1 aromatic carbocycles. The smallest absolute Gasteiger partial charge is 0.404 e. The van der Waals surface area contributed by atoms with E-state index < -0.39 is 42.3 Å². The number of aromatic nitrogens is 8. The summed E-state index contributed by atoms with van der Waals surface area (Å²) in [5.74, 6) is 0.0681. The van der Waals surface area contributed by atoms with Crippen LogP contribution in [0.15, 0.2) is 64.1 Å². The Kier molecular flexibility index (Phi) is 8.27. The highest BCUT2D eigenvalue weighted by atomic mass is 32.2. The maximum Gasteiger partial charge on any atom is 0.530 e. The van der Waals surface area contributed by atoms with E-state index in [9.17, 15) is 22.6 Å². The van der Waals surface area contributed by atoms with Crippen molar-refractivity contribution in [1.82, 2.24) is 39.0 Å². The zero-order valence-corrected chi connectivity index (χ0v) is 26.5. The molecule has 2 aliphatic rings. The monoisotopic (exact) mass is 688 g/mol. The Balaban J connectivity index is 1.03. The second kappa shape index (κ2) is 12.4. The summed E-state index contributed by atoms with van der Waals surface area (Å²) in [7, 11) is -7.78. The summed E-state index contributed by atoms with van der Waals surface area (Å²) in [4.78, 5) is 45.8. The summed E-state index contributed by atoms with van der Waals surface area (Å²) < 4.78 is 70.6. The van der Waals surface area contributed by atoms with Gasteiger partial charge in [0.15, 0.2) is 32.2 Å². The van der Waals surface area contributed by atoms with Crippen LogP contribution in [-0.4, -0.2) is 79.1 Å². The summed E-state index contributed by atoms with van der Waals surface area (Å²) >= 11 is 0. The van der Waals surface area contributed by atoms with Crippen molar-refractivity contribution in [2.24, 2.45) is 0 Å². The molecule has 0 radical (unpaired) electrons. The predicted molar refractivity (Wildman–Crippen MR) is 162 cm³/mol. The number of fused-ring (bicyclic) bond motifs is 2. The molecule has 0 amide bonds. The maximum atomic E-state index is 14.0. The van der Waals surface area contributed by atoms with Gasteiger partial charge in [0.2, 0.25) is 0 Å². The highest BCUT2D eigenvalue weighted by Crippen LogP contribution is 2.51. The van der Waals surface area contributed by atoms with Gasteiger partial charge < -0.3 is 24.0 Å². The standard InChI is InChI=1S/C27H29N8O10PS/c1-47(39,40)19-6-2-16(3-7-19)45-46(38,41-10-17-4-8-20(43-17)34-14-32-22-24(34)28-12-30-26(22)36)42-11-18-5-9-21(44-18)35-15-33-23-25(35)29-13-31-27(23)37/h2-3,6-7,12-15,17-18,20-21H,4-5,8-11H2,1H3,(H,28,30,36)(H,29,31,37)/t17-,18-,20+,21+/m0/s1. The molecule has 0 bridgehead atoms. The van der Waals surface area contributed by atoms with Crippen molar-refractivity contribution in [2.75, 3.05) is 19.5 Å². The first-order valence-corrected chi connectivity index (χ1v) is 17.9. The van der Waals surface area contributed by atoms with Crippen LogP contribution in [-0.2, 0) is 32.9 Å². The van der Waals surface area contributed by atoms with Crippen molar-refractivity contribution >= 4 is 40.0 Å². The van der Waals surface area contributed by atoms with Gasteiger partial charge in [-0.2, -0.15) is 0 Å². The first-order valence-electron chi connectivity index (χ1n) is 14.6. The molecule has 7 rings (SSSR count). The Morgan fingerprint density at radius 3 is 1.77 bits per heavy atom. The van der Waals surface area contributed by atoms with Crippen molar-refractivity contribution < 1.29 is 36.0 Å². The van der Waals surface area contributed by atoms with E-state index in [1.807, 2.05) is 0 Å². The largest absolute Gasteiger partial charge is 0.530 e. The Hall–Kier alpha value is -4.26. The second-order valence-electron chi connectivity index (χ2n) is 11.1. The lowest BCUT2D eigenvalue weighted by Gasteiger charge is -2.22. The van der Waals surface area contributed by atoms with Crippen molar-refractivity contribution in [2.45, 2.75) is 55.2 Å². The molecule has 2 fully saturated rings. The summed E-state index contributed by atoms with van der Waals surface area (Å²) in [5, 5.41) is 0. The molecule has 4 aromatic heterocycles. The summed E-state index contributed by atoms with van der Waals surface area (Å²) in [6, 6.07) is 5.37. The predicted octanol–water partition coefficient (Wildman–Crippen LogP) is 2.23. The molecule has 0 spiro atoms. The molecule has 47 heavy (non-hydrogen) atoms. The van der Waals surface area contributed by atoms with Crippen LogP contribution in [0.5, 0.6) is 5.75 Å². The third-order valence-corrected chi connectivity index (χ3v) is 10.3. The number of sulfone groups is 1. The second-order valence-corrected chi connectivity index (χ2v) is 14.7. The van der Waals surface area contributed by atoms with Crippen LogP contribution in [0.25, 0.3) is 22.3 Å². The van der Waals surface area contributed by atoms with Gasteiger partial charge in [0, 0.05) is 6.26 Å². The van der Waals surface area contributed by atoms with Crippen molar-refractivity contribution in [1.29, 1.82) is 0 Å². The molecule has 6 heterocycles. The molecule has 0 aliphatic carbocycles. The SMILES string of the molecule is CS(=O)(=O)c1ccc(OP(=O)(OC[C@@H]2CC[C@H](n3cnc4c(=O)[nH]cnc43)O2)OC[C@@H]2CC[C@H](n3cnc4c(=O)[nH]cnc43)O2)cc1. The molecule has 248 valence electrons. The van der Waals surface area contributed by atoms with Crippen molar-refractivity contribution in [3.05, 3.63) is 70.3 Å². The third kappa shape index (κ3) is 6.50. The summed E-state index contributed by atoms with van der Waals surface area (Å²) in [6.45, 7) is -0.323. The molecule has 5 aromatic rings. The average molecular weight is 689 g/mol. The minimum Gasteiger partial charge on any atom is -0.404 e. The maximum absolute atomic E-state index is 14.0. The fourth-order valence-corrected chi connectivity index (χ4v) is 7.38. The number of aromatic amines is 2. The minimum atomic E-state index is -4.32. The highest BCUT2D eigenvalue weighted by molar-refractivity contribution is 7.90. The molecular weight excluding hydrogens is 659 g/mol. The van der Waals surface area contributed by atoms with Gasteiger partial charge in [0.25, 0.3) is 11.1 Å². The van der Waals surface area contributed by atoms with Gasteiger partial charge in [-0.15, -0.1) is 0 Å². The van der Waals surface area contributed by atoms with E-state index >= 15 is 0 Å². The first kappa shape index (κ1) is 31.3. The fourth-order valence-electron chi connectivity index (χ4n) is 5.49. The molecule has 0 unspecified atom stereocenters. The average Bonchev–Trinajstić information content (AvgIpc) is 3.85. The van der Waals surface area contributed by atoms with Gasteiger partial charge in [0.05, 0.1) is 55.6 Å². The van der Waals surface area contributed by atoms with E-state index in [-0.39, 0.29) is 46.0 Å². The van der Waals surface area contributed by atoms with Crippen LogP contribution in [0.1, 0.15) is 38.1 Å². The number of phosphoric acid groups is 1. The van der Waals surface area contributed by atoms with Crippen LogP contribution in [0.4, 0.5) is 0 Å². The lowest BCUT2D eigenvalue weighted by Crippen LogP contribution is -2.20. The first-order chi connectivity index (χ1) is 22.6.